The van der Waals surface area contributed by atoms with Crippen LogP contribution in [0.2, 0.25) is 20.1 Å². The van der Waals surface area contributed by atoms with Gasteiger partial charge in [0.15, 0.2) is 0 Å². The van der Waals surface area contributed by atoms with Gasteiger partial charge in [0.05, 0.1) is 0 Å². The van der Waals surface area contributed by atoms with E-state index in [2.05, 4.69) is 331 Å². The van der Waals surface area contributed by atoms with E-state index in [4.69, 9.17) is 46.4 Å². The standard InChI is InChI=1S/C24H16BBr4.C24H16BCl4.C24H16BF4.C24H20B/c3*26-21-9-1-17(2-10-21)25(18-3-11-22(27)12-4-18,19-5-13-23(28)14-6-19)20-7-15-24(29)16-8-20;1-5-13-21(14-6-1)25(22-15-7-2-8-16-22,23-17-9-3-10-18-23)24-19-11-4-12-20-24/h3*1-16H;1-20H/q4*-1. The van der Waals surface area contributed by atoms with Crippen LogP contribution in [-0.2, 0) is 0 Å². The minimum absolute atomic E-state index is 0.393. The highest BCUT2D eigenvalue weighted by atomic mass is 79.9. The van der Waals surface area contributed by atoms with Crippen LogP contribution >= 0.6 is 110 Å². The lowest BCUT2D eigenvalue weighted by molar-refractivity contribution is 0.628. The number of hydrogen-bond donors (Lipinski definition) is 0. The lowest BCUT2D eigenvalue weighted by atomic mass is 9.13. The smallest absolute Gasteiger partial charge is 0.122 e. The largest absolute Gasteiger partial charge is 0.207 e. The maximum absolute atomic E-state index is 13.7. The van der Waals surface area contributed by atoms with E-state index >= 15 is 0 Å². The van der Waals surface area contributed by atoms with Gasteiger partial charge in [0, 0.05) is 38.0 Å². The second-order valence-electron chi connectivity index (χ2n) is 27.7. The fourth-order valence-electron chi connectivity index (χ4n) is 16.6. The fourth-order valence-corrected chi connectivity index (χ4v) is 18.2. The van der Waals surface area contributed by atoms with Crippen molar-refractivity contribution < 1.29 is 17.6 Å². The van der Waals surface area contributed by atoms with Gasteiger partial charge in [-0.15, -0.1) is 0 Å². The summed E-state index contributed by atoms with van der Waals surface area (Å²) in [4.78, 5) is 0. The maximum Gasteiger partial charge on any atom is 0.122 e. The number of halogens is 12. The van der Waals surface area contributed by atoms with E-state index in [0.29, 0.717) is 20.1 Å². The third-order valence-electron chi connectivity index (χ3n) is 21.6. The van der Waals surface area contributed by atoms with E-state index in [0.717, 1.165) is 61.6 Å². The van der Waals surface area contributed by atoms with Crippen LogP contribution in [-0.4, -0.2) is 24.6 Å². The van der Waals surface area contributed by atoms with E-state index < -0.39 is 47.9 Å². The molecule has 0 amide bonds. The molecule has 16 rings (SSSR count). The third-order valence-corrected chi connectivity index (χ3v) is 24.8. The summed E-state index contributed by atoms with van der Waals surface area (Å²) in [6.07, 6.45) is -6.02. The zero-order valence-corrected chi connectivity index (χ0v) is 69.5. The molecule has 16 aromatic carbocycles. The average molecular weight is 1800 g/mol. The van der Waals surface area contributed by atoms with Gasteiger partial charge in [-0.05, 0) is 97.1 Å². The van der Waals surface area contributed by atoms with Crippen molar-refractivity contribution in [3.8, 4) is 0 Å². The van der Waals surface area contributed by atoms with Gasteiger partial charge < -0.3 is 0 Å². The summed E-state index contributed by atoms with van der Waals surface area (Å²) in [5.74, 6) is -1.57. The van der Waals surface area contributed by atoms with Crippen LogP contribution in [0, 0.1) is 23.3 Å². The van der Waals surface area contributed by atoms with Crippen molar-refractivity contribution in [1.82, 2.24) is 0 Å². The lowest BCUT2D eigenvalue weighted by Crippen LogP contribution is -2.74. The van der Waals surface area contributed by atoms with E-state index in [-0.39, 0.29) is 0 Å². The number of rotatable bonds is 16. The molecular formula is C96H68B4Br4Cl4F4-4. The summed E-state index contributed by atoms with van der Waals surface area (Å²) >= 11 is 39.3. The first-order valence-electron chi connectivity index (χ1n) is 36.4. The topological polar surface area (TPSA) is 0 Å². The Kier molecular flexibility index (Phi) is 26.7. The van der Waals surface area contributed by atoms with Crippen LogP contribution in [0.5, 0.6) is 0 Å². The summed E-state index contributed by atoms with van der Waals surface area (Å²) in [5.41, 5.74) is 18.0. The van der Waals surface area contributed by atoms with E-state index in [1.807, 2.05) is 48.5 Å². The molecule has 0 saturated heterocycles. The molecule has 0 bridgehead atoms. The molecule has 0 atom stereocenters. The van der Waals surface area contributed by atoms with Crippen molar-refractivity contribution in [1.29, 1.82) is 0 Å². The van der Waals surface area contributed by atoms with Gasteiger partial charge >= 0.3 is 0 Å². The van der Waals surface area contributed by atoms with E-state index in [1.54, 1.807) is 48.5 Å². The Bertz CT molecular complexity index is 4520. The monoisotopic (exact) mass is 1800 g/mol. The van der Waals surface area contributed by atoms with Crippen LogP contribution in [0.4, 0.5) is 17.6 Å². The Morgan fingerprint density at radius 3 is 0.384 bits per heavy atom. The molecule has 16 aromatic rings. The van der Waals surface area contributed by atoms with Crippen LogP contribution in [0.1, 0.15) is 0 Å². The van der Waals surface area contributed by atoms with Crippen LogP contribution < -0.4 is 87.4 Å². The molecule has 0 nitrogen and oxygen atoms in total. The predicted molar refractivity (Wildman–Crippen MR) is 491 cm³/mol. The van der Waals surface area contributed by atoms with Gasteiger partial charge in [-0.1, -0.05) is 426 Å². The highest BCUT2D eigenvalue weighted by Gasteiger charge is 2.36. The molecule has 552 valence electrons. The van der Waals surface area contributed by atoms with Crippen molar-refractivity contribution in [2.24, 2.45) is 0 Å². The molecule has 0 saturated carbocycles. The molecular weight excluding hydrogens is 1730 g/mol. The Balaban J connectivity index is 0.000000131. The molecule has 112 heavy (non-hydrogen) atoms. The lowest BCUT2D eigenvalue weighted by Gasteiger charge is -2.44. The van der Waals surface area contributed by atoms with Crippen LogP contribution in [0.15, 0.2) is 430 Å². The molecule has 0 heterocycles. The fraction of sp³-hybridized carbons (Fsp3) is 0. The second-order valence-corrected chi connectivity index (χ2v) is 33.1. The average Bonchev–Trinajstić information content (AvgIpc) is 0.770. The minimum atomic E-state index is -1.94. The molecule has 0 spiro atoms. The third kappa shape index (κ3) is 17.5. The minimum Gasteiger partial charge on any atom is -0.207 e. The Labute approximate surface area is 706 Å². The second kappa shape index (κ2) is 37.0. The predicted octanol–water partition coefficient (Wildman–Crippen LogP) is 18.5. The highest BCUT2D eigenvalue weighted by Crippen LogP contribution is 2.22. The maximum atomic E-state index is 13.7. The van der Waals surface area contributed by atoms with Crippen molar-refractivity contribution in [3.05, 3.63) is 474 Å². The van der Waals surface area contributed by atoms with Crippen molar-refractivity contribution in [3.63, 3.8) is 0 Å². The van der Waals surface area contributed by atoms with Crippen molar-refractivity contribution in [2.75, 3.05) is 0 Å². The number of benzene rings is 16. The van der Waals surface area contributed by atoms with Gasteiger partial charge in [0.1, 0.15) is 47.9 Å². The molecule has 0 N–H and O–H groups in total. The van der Waals surface area contributed by atoms with Crippen molar-refractivity contribution >= 4 is 222 Å². The molecule has 0 aliphatic rings. The molecule has 0 aromatic heterocycles. The van der Waals surface area contributed by atoms with Crippen LogP contribution in [0.3, 0.4) is 0 Å². The normalized spacial score (nSPS) is 11.4. The first kappa shape index (κ1) is 80.6. The molecule has 0 radical (unpaired) electrons. The summed E-state index contributed by atoms with van der Waals surface area (Å²) in [5, 5.41) is 2.78. The molecule has 0 aliphatic heterocycles. The SMILES string of the molecule is Brc1ccc([B-](c2ccc(Br)cc2)(c2ccc(Br)cc2)c2ccc(Br)cc2)cc1.Clc1ccc([B-](c2ccc(Cl)cc2)(c2ccc(Cl)cc2)c2ccc(Cl)cc2)cc1.Fc1ccc([B-](c2ccc(F)cc2)(c2ccc(F)cc2)c2ccc(F)cc2)cc1.c1ccc([B-](c2ccccc2)(c2ccccc2)c2ccccc2)cc1. The Hall–Kier alpha value is -9.42. The van der Waals surface area contributed by atoms with Gasteiger partial charge in [-0.25, -0.2) is 17.6 Å². The van der Waals surface area contributed by atoms with Gasteiger partial charge in [-0.3, -0.25) is 0 Å². The quantitative estimate of drug-likeness (QED) is 0.0668. The molecule has 0 aliphatic carbocycles. The molecule has 16 heteroatoms. The van der Waals surface area contributed by atoms with E-state index in [1.165, 1.54) is 92.2 Å². The summed E-state index contributed by atoms with van der Waals surface area (Å²) in [6, 6.07) is 135. The first-order valence-corrected chi connectivity index (χ1v) is 41.1. The zero-order chi connectivity index (χ0) is 78.2. The summed E-state index contributed by atoms with van der Waals surface area (Å²) in [7, 11) is 0. The van der Waals surface area contributed by atoms with Gasteiger partial charge in [0.25, 0.3) is 0 Å². The van der Waals surface area contributed by atoms with Crippen LogP contribution in [0.25, 0.3) is 0 Å². The number of hydrogen-bond acceptors (Lipinski definition) is 0. The van der Waals surface area contributed by atoms with Gasteiger partial charge in [-0.2, -0.15) is 87.4 Å². The highest BCUT2D eigenvalue weighted by molar-refractivity contribution is 9.11. The molecule has 0 unspecified atom stereocenters. The summed E-state index contributed by atoms with van der Waals surface area (Å²) < 4.78 is 59.1. The Morgan fingerprint density at radius 2 is 0.250 bits per heavy atom. The molecule has 0 fully saturated rings. The van der Waals surface area contributed by atoms with E-state index in [9.17, 15) is 17.6 Å². The van der Waals surface area contributed by atoms with Gasteiger partial charge in [0.2, 0.25) is 0 Å². The van der Waals surface area contributed by atoms with Crippen molar-refractivity contribution in [2.45, 2.75) is 0 Å². The first-order chi connectivity index (χ1) is 54.4. The Morgan fingerprint density at radius 1 is 0.143 bits per heavy atom. The zero-order valence-electron chi connectivity index (χ0n) is 60.1. The summed E-state index contributed by atoms with van der Waals surface area (Å²) in [6.45, 7) is 0.